The van der Waals surface area contributed by atoms with Gasteiger partial charge in [0.05, 0.1) is 89.6 Å². The highest BCUT2D eigenvalue weighted by Gasteiger charge is 2.18. The minimum atomic E-state index is 0.459. The molecule has 11 heteroatoms. The Kier molecular flexibility index (Phi) is 15.6. The zero-order valence-corrected chi connectivity index (χ0v) is 30.1. The number of methoxy groups -OCH3 is 1. The van der Waals surface area contributed by atoms with E-state index in [4.69, 9.17) is 37.9 Å². The molecule has 0 radical (unpaired) electrons. The van der Waals surface area contributed by atoms with Crippen molar-refractivity contribution in [1.29, 1.82) is 0 Å². The van der Waals surface area contributed by atoms with Gasteiger partial charge in [-0.1, -0.05) is 24.3 Å². The summed E-state index contributed by atoms with van der Waals surface area (Å²) in [6.07, 6.45) is 0. The van der Waals surface area contributed by atoms with E-state index in [9.17, 15) is 0 Å². The summed E-state index contributed by atoms with van der Waals surface area (Å²) in [5, 5.41) is 0. The van der Waals surface area contributed by atoms with Crippen molar-refractivity contribution in [2.75, 3.05) is 140 Å². The van der Waals surface area contributed by atoms with Crippen LogP contribution in [0.1, 0.15) is 11.1 Å². The van der Waals surface area contributed by atoms with Crippen LogP contribution in [0.2, 0.25) is 0 Å². The van der Waals surface area contributed by atoms with Crippen LogP contribution in [0.4, 0.5) is 17.1 Å². The van der Waals surface area contributed by atoms with Gasteiger partial charge in [-0.05, 0) is 61.4 Å². The van der Waals surface area contributed by atoms with Gasteiger partial charge in [0.1, 0.15) is 37.1 Å². The maximum absolute atomic E-state index is 6.61. The lowest BCUT2D eigenvalue weighted by molar-refractivity contribution is 0.0435. The summed E-state index contributed by atoms with van der Waals surface area (Å²) in [4.78, 5) is 6.84. The van der Waals surface area contributed by atoms with E-state index in [1.165, 1.54) is 0 Å². The van der Waals surface area contributed by atoms with E-state index in [-0.39, 0.29) is 0 Å². The van der Waals surface area contributed by atoms with Crippen molar-refractivity contribution in [3.8, 4) is 17.2 Å². The van der Waals surface area contributed by atoms with Crippen LogP contribution in [0.3, 0.4) is 0 Å². The highest BCUT2D eigenvalue weighted by Crippen LogP contribution is 2.33. The van der Waals surface area contributed by atoms with Gasteiger partial charge < -0.3 is 52.6 Å². The van der Waals surface area contributed by atoms with Crippen LogP contribution >= 0.6 is 0 Å². The van der Waals surface area contributed by atoms with Crippen LogP contribution in [-0.4, -0.2) is 126 Å². The molecular formula is C39H55N3O8. The molecule has 3 aromatic rings. The molecule has 50 heavy (non-hydrogen) atoms. The molecule has 274 valence electrons. The summed E-state index contributed by atoms with van der Waals surface area (Å²) >= 11 is 0. The first kappa shape index (κ1) is 37.5. The van der Waals surface area contributed by atoms with E-state index in [1.54, 1.807) is 7.11 Å². The van der Waals surface area contributed by atoms with Crippen molar-refractivity contribution in [3.63, 3.8) is 0 Å². The zero-order chi connectivity index (χ0) is 34.8. The molecule has 3 aliphatic heterocycles. The number of benzene rings is 3. The molecule has 0 atom stereocenters. The van der Waals surface area contributed by atoms with Crippen molar-refractivity contribution in [3.05, 3.63) is 71.8 Å². The van der Waals surface area contributed by atoms with E-state index in [2.05, 4.69) is 71.0 Å². The van der Waals surface area contributed by atoms with Crippen molar-refractivity contribution in [2.45, 2.75) is 13.8 Å². The first-order valence-electron chi connectivity index (χ1n) is 17.9. The molecule has 0 amide bonds. The van der Waals surface area contributed by atoms with Gasteiger partial charge in [0.15, 0.2) is 0 Å². The third-order valence-corrected chi connectivity index (χ3v) is 8.67. The molecule has 0 spiro atoms. The number of nitrogens with zero attached hydrogens (tertiary/aromatic N) is 3. The summed E-state index contributed by atoms with van der Waals surface area (Å²) < 4.78 is 48.8. The van der Waals surface area contributed by atoms with Crippen LogP contribution < -0.4 is 28.9 Å². The molecule has 3 aliphatic rings. The van der Waals surface area contributed by atoms with Crippen LogP contribution in [0.25, 0.3) is 0 Å². The van der Waals surface area contributed by atoms with E-state index >= 15 is 0 Å². The fourth-order valence-electron chi connectivity index (χ4n) is 6.00. The second-order valence-corrected chi connectivity index (χ2v) is 12.4. The molecule has 1 fully saturated rings. The van der Waals surface area contributed by atoms with Crippen molar-refractivity contribution in [1.82, 2.24) is 0 Å². The van der Waals surface area contributed by atoms with Gasteiger partial charge in [0.25, 0.3) is 0 Å². The smallest absolute Gasteiger partial charge is 0.142 e. The van der Waals surface area contributed by atoms with Crippen molar-refractivity contribution >= 4 is 17.1 Å². The second kappa shape index (κ2) is 20.8. The normalized spacial score (nSPS) is 17.9. The number of para-hydroxylation sites is 2. The molecule has 0 unspecified atom stereocenters. The van der Waals surface area contributed by atoms with Crippen LogP contribution in [0.5, 0.6) is 17.2 Å². The standard InChI is InChI=1S/C39H55N3O8/c1-32-8-10-35-38(30-32)48-22-16-42(34-6-4-5-7-37(34)50-29-24-43-3)17-23-49-39-31-33(2)9-11-36(39)41-14-20-46-27-25-44-18-12-40(35)13-19-45-26-28-47-21-15-41/h4-11,30-31H,12-29H2,1-3H3. The van der Waals surface area contributed by atoms with Crippen LogP contribution in [-0.2, 0) is 23.7 Å². The fourth-order valence-corrected chi connectivity index (χ4v) is 6.00. The summed E-state index contributed by atoms with van der Waals surface area (Å²) in [6, 6.07) is 20.8. The van der Waals surface area contributed by atoms with Gasteiger partial charge in [0, 0.05) is 33.3 Å². The maximum atomic E-state index is 6.61. The Morgan fingerprint density at radius 3 is 1.42 bits per heavy atom. The lowest BCUT2D eigenvalue weighted by Gasteiger charge is -2.29. The van der Waals surface area contributed by atoms with E-state index in [0.717, 1.165) is 45.4 Å². The Morgan fingerprint density at radius 1 is 0.500 bits per heavy atom. The Balaban J connectivity index is 1.48. The molecule has 0 aromatic heterocycles. The first-order chi connectivity index (χ1) is 24.6. The third kappa shape index (κ3) is 11.7. The number of hydrogen-bond acceptors (Lipinski definition) is 11. The summed E-state index contributed by atoms with van der Waals surface area (Å²) in [6.45, 7) is 14.4. The zero-order valence-electron chi connectivity index (χ0n) is 30.1. The number of hydrogen-bond donors (Lipinski definition) is 0. The number of rotatable bonds is 5. The second-order valence-electron chi connectivity index (χ2n) is 12.4. The summed E-state index contributed by atoms with van der Waals surface area (Å²) in [7, 11) is 1.68. The van der Waals surface area contributed by atoms with Gasteiger partial charge in [-0.3, -0.25) is 0 Å². The average Bonchev–Trinajstić information content (AvgIpc) is 3.11. The molecule has 11 nitrogen and oxygen atoms in total. The topological polar surface area (TPSA) is 83.6 Å². The predicted octanol–water partition coefficient (Wildman–Crippen LogP) is 5.00. The van der Waals surface area contributed by atoms with Gasteiger partial charge in [-0.25, -0.2) is 0 Å². The molecule has 0 saturated carbocycles. The monoisotopic (exact) mass is 693 g/mol. The number of ether oxygens (including phenoxy) is 8. The molecule has 6 rings (SSSR count). The van der Waals surface area contributed by atoms with E-state index < -0.39 is 0 Å². The lowest BCUT2D eigenvalue weighted by Crippen LogP contribution is -2.34. The first-order valence-corrected chi connectivity index (χ1v) is 17.9. The fraction of sp³-hybridized carbons (Fsp3) is 0.538. The van der Waals surface area contributed by atoms with Crippen molar-refractivity contribution in [2.24, 2.45) is 0 Å². The van der Waals surface area contributed by atoms with Gasteiger partial charge in [0.2, 0.25) is 0 Å². The SMILES string of the molecule is COCCOc1ccccc1N1CCOc2cc(C)ccc2N2CCOCCOCCN(CCOCCOCC2)c2ccc(C)cc2OCC1. The summed E-state index contributed by atoms with van der Waals surface area (Å²) in [5.74, 6) is 2.46. The minimum Gasteiger partial charge on any atom is -0.490 e. The van der Waals surface area contributed by atoms with Crippen molar-refractivity contribution < 1.29 is 37.9 Å². The van der Waals surface area contributed by atoms with E-state index in [1.807, 2.05) is 18.2 Å². The molecule has 2 bridgehead atoms. The minimum absolute atomic E-state index is 0.459. The lowest BCUT2D eigenvalue weighted by atomic mass is 10.2. The molecule has 3 heterocycles. The van der Waals surface area contributed by atoms with E-state index in [0.29, 0.717) is 119 Å². The largest absolute Gasteiger partial charge is 0.490 e. The van der Waals surface area contributed by atoms with Crippen LogP contribution in [0.15, 0.2) is 60.7 Å². The molecule has 3 aromatic carbocycles. The van der Waals surface area contributed by atoms with Gasteiger partial charge in [-0.2, -0.15) is 0 Å². The molecule has 0 aliphatic carbocycles. The van der Waals surface area contributed by atoms with Crippen LogP contribution in [0, 0.1) is 13.8 Å². The highest BCUT2D eigenvalue weighted by molar-refractivity contribution is 5.62. The Labute approximate surface area is 297 Å². The Hall–Kier alpha value is -3.74. The number of fused-ring (bicyclic) bond motifs is 20. The third-order valence-electron chi connectivity index (χ3n) is 8.67. The predicted molar refractivity (Wildman–Crippen MR) is 197 cm³/mol. The highest BCUT2D eigenvalue weighted by atomic mass is 16.5. The molecule has 1 saturated heterocycles. The molecular weight excluding hydrogens is 638 g/mol. The Bertz CT molecular complexity index is 1330. The maximum Gasteiger partial charge on any atom is 0.142 e. The summed E-state index contributed by atoms with van der Waals surface area (Å²) in [5.41, 5.74) is 5.27. The van der Waals surface area contributed by atoms with Gasteiger partial charge >= 0.3 is 0 Å². The average molecular weight is 694 g/mol. The van der Waals surface area contributed by atoms with Gasteiger partial charge in [-0.15, -0.1) is 0 Å². The number of aryl methyl sites for hydroxylation is 2. The Morgan fingerprint density at radius 2 is 0.940 bits per heavy atom. The number of anilines is 3. The quantitative estimate of drug-likeness (QED) is 0.268. The molecule has 0 N–H and O–H groups in total.